The van der Waals surface area contributed by atoms with Gasteiger partial charge in [-0.1, -0.05) is 0 Å². The molecule has 0 atom stereocenters. The molecule has 0 unspecified atom stereocenters. The molecule has 0 aromatic carbocycles. The quantitative estimate of drug-likeness (QED) is 0.858. The van der Waals surface area contributed by atoms with Gasteiger partial charge < -0.3 is 9.67 Å². The number of hydrogen-bond acceptors (Lipinski definition) is 3. The van der Waals surface area contributed by atoms with Crippen LogP contribution in [0.4, 0.5) is 0 Å². The molecule has 78 valence electrons. The van der Waals surface area contributed by atoms with Crippen molar-refractivity contribution in [2.75, 3.05) is 0 Å². The fourth-order valence-corrected chi connectivity index (χ4v) is 2.17. The molecular formula is C10H9NO3S. The number of aliphatic carboxylic acids is 1. The second kappa shape index (κ2) is 3.86. The molecule has 0 fully saturated rings. The number of aromatic nitrogens is 1. The van der Waals surface area contributed by atoms with Gasteiger partial charge in [-0.2, -0.15) is 0 Å². The van der Waals surface area contributed by atoms with Gasteiger partial charge in [0, 0.05) is 17.4 Å². The molecule has 2 aromatic rings. The second-order valence-electron chi connectivity index (χ2n) is 3.16. The van der Waals surface area contributed by atoms with Gasteiger partial charge in [-0.05, 0) is 17.5 Å². The molecule has 1 N–H and O–H groups in total. The number of thiophene rings is 1. The predicted molar refractivity (Wildman–Crippen MR) is 58.3 cm³/mol. The molecule has 0 radical (unpaired) electrons. The van der Waals surface area contributed by atoms with E-state index in [1.807, 2.05) is 11.4 Å². The van der Waals surface area contributed by atoms with E-state index in [2.05, 4.69) is 0 Å². The van der Waals surface area contributed by atoms with Crippen molar-refractivity contribution in [3.05, 3.63) is 34.1 Å². The van der Waals surface area contributed by atoms with Gasteiger partial charge in [0.05, 0.1) is 11.8 Å². The number of fused-ring (bicyclic) bond motifs is 1. The van der Waals surface area contributed by atoms with E-state index in [-0.39, 0.29) is 18.5 Å². The van der Waals surface area contributed by atoms with Gasteiger partial charge in [-0.25, -0.2) is 0 Å². The number of carbonyl (C=O) groups is 1. The lowest BCUT2D eigenvalue weighted by Gasteiger charge is -2.02. The minimum Gasteiger partial charge on any atom is -0.481 e. The highest BCUT2D eigenvalue weighted by Gasteiger charge is 2.04. The first-order chi connectivity index (χ1) is 7.18. The van der Waals surface area contributed by atoms with E-state index in [1.54, 1.807) is 12.3 Å². The first-order valence-corrected chi connectivity index (χ1v) is 5.35. The highest BCUT2D eigenvalue weighted by Crippen LogP contribution is 2.16. The lowest BCUT2D eigenvalue weighted by Crippen LogP contribution is -2.20. The fraction of sp³-hybridized carbons (Fsp3) is 0.200. The third-order valence-corrected chi connectivity index (χ3v) is 3.04. The number of rotatable bonds is 3. The first-order valence-electron chi connectivity index (χ1n) is 4.47. The summed E-state index contributed by atoms with van der Waals surface area (Å²) < 4.78 is 2.37. The van der Waals surface area contributed by atoms with Crippen LogP contribution in [0, 0.1) is 0 Å². The third-order valence-electron chi connectivity index (χ3n) is 2.16. The Labute approximate surface area is 89.4 Å². The van der Waals surface area contributed by atoms with Crippen LogP contribution in [0.25, 0.3) is 10.1 Å². The molecule has 0 amide bonds. The van der Waals surface area contributed by atoms with Crippen molar-refractivity contribution < 1.29 is 9.90 Å². The summed E-state index contributed by atoms with van der Waals surface area (Å²) >= 11 is 1.50. The minimum absolute atomic E-state index is 0.0322. The molecule has 0 saturated carbocycles. The Morgan fingerprint density at radius 1 is 1.47 bits per heavy atom. The summed E-state index contributed by atoms with van der Waals surface area (Å²) in [5.41, 5.74) is -0.116. The van der Waals surface area contributed by atoms with Crippen LogP contribution < -0.4 is 5.56 Å². The number of aryl methyl sites for hydroxylation is 1. The van der Waals surface area contributed by atoms with Crippen molar-refractivity contribution in [2.45, 2.75) is 13.0 Å². The Kier molecular flexibility index (Phi) is 2.55. The van der Waals surface area contributed by atoms with Crippen LogP contribution in [0.3, 0.4) is 0 Å². The summed E-state index contributed by atoms with van der Waals surface area (Å²) in [5.74, 6) is -0.896. The van der Waals surface area contributed by atoms with Gasteiger partial charge in [-0.3, -0.25) is 9.59 Å². The molecule has 0 spiro atoms. The Balaban J connectivity index is 2.40. The Hall–Kier alpha value is -1.62. The highest BCUT2D eigenvalue weighted by atomic mass is 32.1. The molecule has 15 heavy (non-hydrogen) atoms. The van der Waals surface area contributed by atoms with E-state index in [9.17, 15) is 9.59 Å². The summed E-state index contributed by atoms with van der Waals surface area (Å²) in [5, 5.41) is 11.0. The van der Waals surface area contributed by atoms with Gasteiger partial charge in [0.15, 0.2) is 0 Å². The monoisotopic (exact) mass is 223 g/mol. The molecule has 2 rings (SSSR count). The lowest BCUT2D eigenvalue weighted by molar-refractivity contribution is -0.137. The molecule has 2 heterocycles. The molecule has 2 aromatic heterocycles. The van der Waals surface area contributed by atoms with Crippen LogP contribution in [0.1, 0.15) is 6.42 Å². The fourth-order valence-electron chi connectivity index (χ4n) is 1.40. The lowest BCUT2D eigenvalue weighted by atomic mass is 10.3. The van der Waals surface area contributed by atoms with Crippen molar-refractivity contribution in [3.63, 3.8) is 0 Å². The summed E-state index contributed by atoms with van der Waals surface area (Å²) in [6, 6.07) is 3.60. The third kappa shape index (κ3) is 1.92. The average molecular weight is 223 g/mol. The summed E-state index contributed by atoms with van der Waals surface area (Å²) in [6.45, 7) is 0.222. The maximum absolute atomic E-state index is 11.8. The Morgan fingerprint density at radius 2 is 2.27 bits per heavy atom. The largest absolute Gasteiger partial charge is 0.481 e. The zero-order chi connectivity index (χ0) is 10.8. The van der Waals surface area contributed by atoms with Crippen molar-refractivity contribution in [3.8, 4) is 0 Å². The molecule has 0 aliphatic heterocycles. The minimum atomic E-state index is -0.896. The Morgan fingerprint density at radius 3 is 3.00 bits per heavy atom. The van der Waals surface area contributed by atoms with E-state index < -0.39 is 5.97 Å². The molecule has 0 aliphatic rings. The van der Waals surface area contributed by atoms with E-state index in [0.29, 0.717) is 5.39 Å². The molecule has 5 heteroatoms. The van der Waals surface area contributed by atoms with E-state index in [1.165, 1.54) is 15.9 Å². The van der Waals surface area contributed by atoms with E-state index >= 15 is 0 Å². The van der Waals surface area contributed by atoms with Crippen molar-refractivity contribution in [1.82, 2.24) is 4.57 Å². The molecule has 4 nitrogen and oxygen atoms in total. The summed E-state index contributed by atoms with van der Waals surface area (Å²) in [4.78, 5) is 22.2. The predicted octanol–water partition coefficient (Wildman–Crippen LogP) is 1.54. The number of carboxylic acid groups (broad SMARTS) is 1. The van der Waals surface area contributed by atoms with Gasteiger partial charge in [0.25, 0.3) is 5.56 Å². The number of pyridine rings is 1. The van der Waals surface area contributed by atoms with Crippen LogP contribution in [0.5, 0.6) is 0 Å². The standard InChI is InChI=1S/C10H9NO3S/c12-9(13)2-5-11-4-1-8-7(10(11)14)3-6-15-8/h1,3-4,6H,2,5H2,(H,12,13). The Bertz CT molecular complexity index is 555. The first kappa shape index (κ1) is 9.92. The van der Waals surface area contributed by atoms with Crippen LogP contribution in [0.2, 0.25) is 0 Å². The topological polar surface area (TPSA) is 59.3 Å². The molecule has 0 bridgehead atoms. The number of hydrogen-bond donors (Lipinski definition) is 1. The van der Waals surface area contributed by atoms with E-state index in [0.717, 1.165) is 4.70 Å². The normalized spacial score (nSPS) is 10.7. The zero-order valence-corrected chi connectivity index (χ0v) is 8.66. The van der Waals surface area contributed by atoms with Crippen LogP contribution in [0.15, 0.2) is 28.5 Å². The highest BCUT2D eigenvalue weighted by molar-refractivity contribution is 7.17. The molecule has 0 aliphatic carbocycles. The van der Waals surface area contributed by atoms with Gasteiger partial charge in [0.2, 0.25) is 0 Å². The van der Waals surface area contributed by atoms with E-state index in [4.69, 9.17) is 5.11 Å². The van der Waals surface area contributed by atoms with Crippen molar-refractivity contribution in [2.24, 2.45) is 0 Å². The van der Waals surface area contributed by atoms with Gasteiger partial charge in [0.1, 0.15) is 0 Å². The van der Waals surface area contributed by atoms with Crippen LogP contribution >= 0.6 is 11.3 Å². The van der Waals surface area contributed by atoms with Crippen LogP contribution in [-0.4, -0.2) is 15.6 Å². The van der Waals surface area contributed by atoms with Crippen molar-refractivity contribution in [1.29, 1.82) is 0 Å². The smallest absolute Gasteiger partial charge is 0.305 e. The summed E-state index contributed by atoms with van der Waals surface area (Å²) in [7, 11) is 0. The molecule has 0 saturated heterocycles. The van der Waals surface area contributed by atoms with Crippen molar-refractivity contribution >= 4 is 27.4 Å². The average Bonchev–Trinajstić information content (AvgIpc) is 2.65. The SMILES string of the molecule is O=C(O)CCn1ccc2sccc2c1=O. The maximum Gasteiger partial charge on any atom is 0.305 e. The second-order valence-corrected chi connectivity index (χ2v) is 4.10. The van der Waals surface area contributed by atoms with Crippen LogP contribution in [-0.2, 0) is 11.3 Å². The molecular weight excluding hydrogens is 214 g/mol. The number of nitrogens with zero attached hydrogens (tertiary/aromatic N) is 1. The zero-order valence-electron chi connectivity index (χ0n) is 7.84. The van der Waals surface area contributed by atoms with Gasteiger partial charge >= 0.3 is 5.97 Å². The van der Waals surface area contributed by atoms with Gasteiger partial charge in [-0.15, -0.1) is 11.3 Å². The summed E-state index contributed by atoms with van der Waals surface area (Å²) in [6.07, 6.45) is 1.61. The maximum atomic E-state index is 11.8. The number of carboxylic acids is 1.